The van der Waals surface area contributed by atoms with Gasteiger partial charge in [-0.15, -0.1) is 0 Å². The van der Waals surface area contributed by atoms with Gasteiger partial charge in [-0.25, -0.2) is 0 Å². The smallest absolute Gasteiger partial charge is 0.300 e. The molecule has 1 aromatic heterocycles. The molecular formula is C28H28N2O4. The number of aryl methyl sites for hydroxylation is 3. The minimum absolute atomic E-state index is 0.00732. The third kappa shape index (κ3) is 4.19. The summed E-state index contributed by atoms with van der Waals surface area (Å²) in [5.41, 5.74) is 4.56. The number of carbonyl (C=O) groups excluding carboxylic acids is 2. The first-order chi connectivity index (χ1) is 16.2. The Balaban J connectivity index is 1.90. The number of amides is 1. The number of hydrogen-bond donors (Lipinski definition) is 1. The van der Waals surface area contributed by atoms with E-state index < -0.39 is 17.7 Å². The summed E-state index contributed by atoms with van der Waals surface area (Å²) in [6.07, 6.45) is 3.23. The van der Waals surface area contributed by atoms with Crippen molar-refractivity contribution in [3.8, 4) is 5.75 Å². The van der Waals surface area contributed by atoms with Crippen LogP contribution in [0.4, 0.5) is 5.69 Å². The maximum Gasteiger partial charge on any atom is 0.300 e. The first kappa shape index (κ1) is 23.2. The maximum atomic E-state index is 13.3. The number of ether oxygens (including phenoxy) is 1. The normalized spacial score (nSPS) is 17.5. The summed E-state index contributed by atoms with van der Waals surface area (Å²) in [7, 11) is 0. The monoisotopic (exact) mass is 456 g/mol. The number of pyridine rings is 1. The number of aromatic nitrogens is 1. The number of Topliss-reactive ketones (excluding diaryl/α,β-unsaturated/α-hetero) is 1. The van der Waals surface area contributed by atoms with Crippen LogP contribution < -0.4 is 9.64 Å². The molecule has 4 rings (SSSR count). The second kappa shape index (κ2) is 9.14. The van der Waals surface area contributed by atoms with E-state index in [1.54, 1.807) is 42.7 Å². The van der Waals surface area contributed by atoms with E-state index in [2.05, 4.69) is 4.98 Å². The molecule has 174 valence electrons. The molecule has 0 saturated carbocycles. The van der Waals surface area contributed by atoms with E-state index in [4.69, 9.17) is 4.74 Å². The maximum absolute atomic E-state index is 13.3. The SMILES string of the molecule is Cc1ccc(N2C(=O)C(=O)/C(=C(/O)c3ccc(OC(C)C)c(C)c3)C2c2ccncc2)c(C)c1. The fourth-order valence-corrected chi connectivity index (χ4v) is 4.36. The molecule has 1 saturated heterocycles. The number of carbonyl (C=O) groups is 2. The fourth-order valence-electron chi connectivity index (χ4n) is 4.36. The minimum Gasteiger partial charge on any atom is -0.507 e. The lowest BCUT2D eigenvalue weighted by molar-refractivity contribution is -0.132. The largest absolute Gasteiger partial charge is 0.507 e. The van der Waals surface area contributed by atoms with Crippen LogP contribution in [0.25, 0.3) is 5.76 Å². The number of hydrogen-bond acceptors (Lipinski definition) is 5. The molecule has 6 nitrogen and oxygen atoms in total. The molecule has 6 heteroatoms. The van der Waals surface area contributed by atoms with Crippen LogP contribution in [0.5, 0.6) is 5.75 Å². The molecule has 2 aromatic carbocycles. The van der Waals surface area contributed by atoms with E-state index in [0.29, 0.717) is 22.6 Å². The molecule has 1 unspecified atom stereocenters. The molecule has 0 aliphatic carbocycles. The first-order valence-electron chi connectivity index (χ1n) is 11.2. The molecule has 1 N–H and O–H groups in total. The third-order valence-corrected chi connectivity index (χ3v) is 5.89. The van der Waals surface area contributed by atoms with Gasteiger partial charge in [-0.2, -0.15) is 0 Å². The Kier molecular flexibility index (Phi) is 6.24. The first-order valence-corrected chi connectivity index (χ1v) is 11.2. The summed E-state index contributed by atoms with van der Waals surface area (Å²) in [6, 6.07) is 13.7. The Morgan fingerprint density at radius 3 is 2.29 bits per heavy atom. The summed E-state index contributed by atoms with van der Waals surface area (Å²) in [5.74, 6) is -0.911. The number of anilines is 1. The lowest BCUT2D eigenvalue weighted by Crippen LogP contribution is -2.30. The van der Waals surface area contributed by atoms with Crippen molar-refractivity contribution in [2.75, 3.05) is 4.90 Å². The van der Waals surface area contributed by atoms with Crippen molar-refractivity contribution in [1.82, 2.24) is 4.98 Å². The highest BCUT2D eigenvalue weighted by atomic mass is 16.5. The van der Waals surface area contributed by atoms with E-state index in [9.17, 15) is 14.7 Å². The van der Waals surface area contributed by atoms with Gasteiger partial charge in [-0.1, -0.05) is 17.7 Å². The van der Waals surface area contributed by atoms with E-state index in [0.717, 1.165) is 16.7 Å². The minimum atomic E-state index is -0.781. The van der Waals surface area contributed by atoms with Gasteiger partial charge in [0.1, 0.15) is 11.5 Å². The van der Waals surface area contributed by atoms with Gasteiger partial charge in [0.2, 0.25) is 0 Å². The van der Waals surface area contributed by atoms with Crippen LogP contribution in [0.1, 0.15) is 47.7 Å². The number of aliphatic hydroxyl groups excluding tert-OH is 1. The summed E-state index contributed by atoms with van der Waals surface area (Å²) in [6.45, 7) is 9.64. The van der Waals surface area contributed by atoms with E-state index in [1.807, 2.05) is 52.8 Å². The lowest BCUT2D eigenvalue weighted by Gasteiger charge is -2.27. The molecule has 1 atom stereocenters. The van der Waals surface area contributed by atoms with Crippen LogP contribution in [0.2, 0.25) is 0 Å². The van der Waals surface area contributed by atoms with Crippen molar-refractivity contribution in [3.05, 3.63) is 94.3 Å². The lowest BCUT2D eigenvalue weighted by atomic mass is 9.95. The molecular weight excluding hydrogens is 428 g/mol. The zero-order valence-electron chi connectivity index (χ0n) is 20.0. The topological polar surface area (TPSA) is 79.7 Å². The number of rotatable bonds is 5. The Hall–Kier alpha value is -3.93. The van der Waals surface area contributed by atoms with E-state index in [1.165, 1.54) is 4.90 Å². The molecule has 0 spiro atoms. The fraction of sp³-hybridized carbons (Fsp3) is 0.250. The van der Waals surface area contributed by atoms with Crippen LogP contribution in [0, 0.1) is 20.8 Å². The number of benzene rings is 2. The average molecular weight is 457 g/mol. The molecule has 0 radical (unpaired) electrons. The van der Waals surface area contributed by atoms with Crippen molar-refractivity contribution in [3.63, 3.8) is 0 Å². The van der Waals surface area contributed by atoms with Crippen LogP contribution in [-0.4, -0.2) is 27.9 Å². The molecule has 1 aliphatic heterocycles. The Bertz CT molecular complexity index is 1300. The third-order valence-electron chi connectivity index (χ3n) is 5.89. The second-order valence-corrected chi connectivity index (χ2v) is 8.89. The van der Waals surface area contributed by atoms with Crippen molar-refractivity contribution < 1.29 is 19.4 Å². The van der Waals surface area contributed by atoms with Crippen molar-refractivity contribution >= 4 is 23.1 Å². The highest BCUT2D eigenvalue weighted by Gasteiger charge is 2.47. The van der Waals surface area contributed by atoms with Crippen molar-refractivity contribution in [2.45, 2.75) is 46.8 Å². The predicted octanol–water partition coefficient (Wildman–Crippen LogP) is 5.42. The average Bonchev–Trinajstić information content (AvgIpc) is 3.05. The zero-order valence-corrected chi connectivity index (χ0v) is 20.0. The van der Waals surface area contributed by atoms with Gasteiger partial charge in [0.15, 0.2) is 0 Å². The Labute approximate surface area is 199 Å². The van der Waals surface area contributed by atoms with E-state index >= 15 is 0 Å². The van der Waals surface area contributed by atoms with Gasteiger partial charge >= 0.3 is 0 Å². The van der Waals surface area contributed by atoms with Crippen LogP contribution in [0.15, 0.2) is 66.5 Å². The quantitative estimate of drug-likeness (QED) is 0.315. The van der Waals surface area contributed by atoms with Crippen molar-refractivity contribution in [1.29, 1.82) is 0 Å². The van der Waals surface area contributed by atoms with Crippen molar-refractivity contribution in [2.24, 2.45) is 0 Å². The van der Waals surface area contributed by atoms with Crippen LogP contribution >= 0.6 is 0 Å². The molecule has 34 heavy (non-hydrogen) atoms. The van der Waals surface area contributed by atoms with Crippen LogP contribution in [-0.2, 0) is 9.59 Å². The summed E-state index contributed by atoms with van der Waals surface area (Å²) >= 11 is 0. The Morgan fingerprint density at radius 2 is 1.68 bits per heavy atom. The highest BCUT2D eigenvalue weighted by Crippen LogP contribution is 2.43. The molecule has 2 heterocycles. The number of ketones is 1. The molecule has 1 aliphatic rings. The molecule has 0 bridgehead atoms. The standard InChI is InChI=1S/C28H28N2O4/c1-16(2)34-23-9-7-21(15-19(23)5)26(31)24-25(20-10-12-29-13-11-20)30(28(33)27(24)32)22-8-6-17(3)14-18(22)4/h6-16,25,31H,1-5H3/b26-24+. The second-order valence-electron chi connectivity index (χ2n) is 8.89. The van der Waals surface area contributed by atoms with Gasteiger partial charge in [0.25, 0.3) is 11.7 Å². The Morgan fingerprint density at radius 1 is 0.971 bits per heavy atom. The van der Waals surface area contributed by atoms with Gasteiger partial charge < -0.3 is 9.84 Å². The van der Waals surface area contributed by atoms with Gasteiger partial charge in [0, 0.05) is 23.6 Å². The summed E-state index contributed by atoms with van der Waals surface area (Å²) < 4.78 is 5.80. The molecule has 1 amide bonds. The zero-order chi connectivity index (χ0) is 24.6. The highest BCUT2D eigenvalue weighted by molar-refractivity contribution is 6.51. The van der Waals surface area contributed by atoms with E-state index in [-0.39, 0.29) is 17.4 Å². The van der Waals surface area contributed by atoms with Gasteiger partial charge in [-0.05, 0) is 87.7 Å². The van der Waals surface area contributed by atoms with Gasteiger partial charge in [-0.3, -0.25) is 19.5 Å². The summed E-state index contributed by atoms with van der Waals surface area (Å²) in [5, 5.41) is 11.3. The number of nitrogens with zero attached hydrogens (tertiary/aromatic N) is 2. The van der Waals surface area contributed by atoms with Gasteiger partial charge in [0.05, 0.1) is 17.7 Å². The predicted molar refractivity (Wildman–Crippen MR) is 132 cm³/mol. The molecule has 1 fully saturated rings. The van der Waals surface area contributed by atoms with Crippen LogP contribution in [0.3, 0.4) is 0 Å². The molecule has 3 aromatic rings. The summed E-state index contributed by atoms with van der Waals surface area (Å²) in [4.78, 5) is 32.2. The number of aliphatic hydroxyl groups is 1.